The number of benzene rings is 1. The van der Waals surface area contributed by atoms with Crippen LogP contribution in [0.4, 0.5) is 5.69 Å². The van der Waals surface area contributed by atoms with Gasteiger partial charge >= 0.3 is 0 Å². The molecule has 0 unspecified atom stereocenters. The van der Waals surface area contributed by atoms with Gasteiger partial charge < -0.3 is 5.32 Å². The first-order valence-electron chi connectivity index (χ1n) is 8.02. The zero-order valence-electron chi connectivity index (χ0n) is 13.8. The summed E-state index contributed by atoms with van der Waals surface area (Å²) in [4.78, 5) is 18.1. The van der Waals surface area contributed by atoms with Crippen LogP contribution in [0.15, 0.2) is 60.9 Å². The molecule has 0 aliphatic rings. The first-order valence-corrected chi connectivity index (χ1v) is 8.84. The van der Waals surface area contributed by atoms with Crippen LogP contribution < -0.4 is 5.32 Å². The number of pyridine rings is 1. The normalized spacial score (nSPS) is 10.8. The van der Waals surface area contributed by atoms with E-state index >= 15 is 0 Å². The van der Waals surface area contributed by atoms with E-state index in [4.69, 9.17) is 0 Å². The minimum absolute atomic E-state index is 0.0890. The Morgan fingerprint density at radius 2 is 1.75 bits per heavy atom. The molecular formula is C20H20N2OS. The van der Waals surface area contributed by atoms with E-state index in [0.29, 0.717) is 10.8 Å². The van der Waals surface area contributed by atoms with Gasteiger partial charge in [-0.15, -0.1) is 11.3 Å². The third kappa shape index (κ3) is 4.09. The maximum absolute atomic E-state index is 12.3. The van der Waals surface area contributed by atoms with Crippen molar-refractivity contribution in [3.8, 4) is 10.4 Å². The number of nitrogens with zero attached hydrogens (tertiary/aromatic N) is 1. The van der Waals surface area contributed by atoms with Gasteiger partial charge in [-0.05, 0) is 47.7 Å². The predicted molar refractivity (Wildman–Crippen MR) is 100 cm³/mol. The minimum Gasteiger partial charge on any atom is -0.321 e. The molecule has 2 heterocycles. The number of hydrogen-bond acceptors (Lipinski definition) is 3. The van der Waals surface area contributed by atoms with Crippen molar-refractivity contribution in [1.29, 1.82) is 0 Å². The van der Waals surface area contributed by atoms with Crippen LogP contribution in [-0.2, 0) is 6.42 Å². The molecule has 0 spiro atoms. The number of amides is 1. The summed E-state index contributed by atoms with van der Waals surface area (Å²) in [5.74, 6) is 0.565. The standard InChI is InChI=1S/C20H20N2OS/c1-14(2)13-15-3-5-16(6-4-15)18-7-8-19(24-18)20(23)22-17-9-11-21-12-10-17/h3-12,14H,13H2,1-2H3,(H,21,22,23). The van der Waals surface area contributed by atoms with E-state index in [1.54, 1.807) is 24.5 Å². The lowest BCUT2D eigenvalue weighted by Gasteiger charge is -2.05. The van der Waals surface area contributed by atoms with Crippen molar-refractivity contribution < 1.29 is 4.79 Å². The third-order valence-electron chi connectivity index (χ3n) is 3.65. The number of anilines is 1. The van der Waals surface area contributed by atoms with Gasteiger partial charge in [0.15, 0.2) is 0 Å². The first kappa shape index (κ1) is 16.4. The maximum Gasteiger partial charge on any atom is 0.265 e. The summed E-state index contributed by atoms with van der Waals surface area (Å²) in [6, 6.07) is 16.0. The van der Waals surface area contributed by atoms with E-state index in [2.05, 4.69) is 48.4 Å². The smallest absolute Gasteiger partial charge is 0.265 e. The van der Waals surface area contributed by atoms with Crippen molar-refractivity contribution in [1.82, 2.24) is 4.98 Å². The van der Waals surface area contributed by atoms with Gasteiger partial charge in [-0.2, -0.15) is 0 Å². The van der Waals surface area contributed by atoms with Gasteiger partial charge in [-0.1, -0.05) is 38.1 Å². The highest BCUT2D eigenvalue weighted by Crippen LogP contribution is 2.29. The highest BCUT2D eigenvalue weighted by Gasteiger charge is 2.11. The molecule has 4 heteroatoms. The van der Waals surface area contributed by atoms with Crippen LogP contribution in [0.2, 0.25) is 0 Å². The van der Waals surface area contributed by atoms with Gasteiger partial charge in [0, 0.05) is 23.0 Å². The van der Waals surface area contributed by atoms with Gasteiger partial charge in [0.1, 0.15) is 0 Å². The largest absolute Gasteiger partial charge is 0.321 e. The molecule has 0 saturated carbocycles. The topological polar surface area (TPSA) is 42.0 Å². The Bertz CT molecular complexity index is 807. The third-order valence-corrected chi connectivity index (χ3v) is 4.78. The SMILES string of the molecule is CC(C)Cc1ccc(-c2ccc(C(=O)Nc3ccncc3)s2)cc1. The van der Waals surface area contributed by atoms with Crippen LogP contribution in [0, 0.1) is 5.92 Å². The second-order valence-electron chi connectivity index (χ2n) is 6.15. The molecular weight excluding hydrogens is 316 g/mol. The Balaban J connectivity index is 1.72. The van der Waals surface area contributed by atoms with Crippen LogP contribution in [0.25, 0.3) is 10.4 Å². The molecule has 0 atom stereocenters. The number of carbonyl (C=O) groups is 1. The molecule has 3 aromatic rings. The van der Waals surface area contributed by atoms with Gasteiger partial charge in [0.05, 0.1) is 4.88 Å². The number of aromatic nitrogens is 1. The van der Waals surface area contributed by atoms with E-state index < -0.39 is 0 Å². The molecule has 1 amide bonds. The monoisotopic (exact) mass is 336 g/mol. The molecule has 1 aromatic carbocycles. The van der Waals surface area contributed by atoms with Gasteiger partial charge in [0.2, 0.25) is 0 Å². The lowest BCUT2D eigenvalue weighted by Crippen LogP contribution is -2.09. The molecule has 24 heavy (non-hydrogen) atoms. The van der Waals surface area contributed by atoms with Crippen LogP contribution in [0.5, 0.6) is 0 Å². The lowest BCUT2D eigenvalue weighted by atomic mass is 10.0. The summed E-state index contributed by atoms with van der Waals surface area (Å²) in [5, 5.41) is 2.89. The van der Waals surface area contributed by atoms with Crippen molar-refractivity contribution in [2.24, 2.45) is 5.92 Å². The Morgan fingerprint density at radius 1 is 1.04 bits per heavy atom. The fourth-order valence-electron chi connectivity index (χ4n) is 2.52. The molecule has 0 aliphatic heterocycles. The highest BCUT2D eigenvalue weighted by atomic mass is 32.1. The van der Waals surface area contributed by atoms with Gasteiger partial charge in [-0.25, -0.2) is 0 Å². The van der Waals surface area contributed by atoms with E-state index in [1.165, 1.54) is 16.9 Å². The Hall–Kier alpha value is -2.46. The summed E-state index contributed by atoms with van der Waals surface area (Å²) in [5.41, 5.74) is 3.25. The van der Waals surface area contributed by atoms with Crippen molar-refractivity contribution in [2.75, 3.05) is 5.32 Å². The Morgan fingerprint density at radius 3 is 2.42 bits per heavy atom. The molecule has 0 radical (unpaired) electrons. The first-order chi connectivity index (χ1) is 11.6. The molecule has 1 N–H and O–H groups in total. The van der Waals surface area contributed by atoms with Crippen LogP contribution in [0.3, 0.4) is 0 Å². The van der Waals surface area contributed by atoms with Crippen LogP contribution >= 0.6 is 11.3 Å². The fourth-order valence-corrected chi connectivity index (χ4v) is 3.43. The number of thiophene rings is 1. The molecule has 2 aromatic heterocycles. The molecule has 3 rings (SSSR count). The quantitative estimate of drug-likeness (QED) is 0.690. The number of nitrogens with one attached hydrogen (secondary N) is 1. The zero-order chi connectivity index (χ0) is 16.9. The summed E-state index contributed by atoms with van der Waals surface area (Å²) < 4.78 is 0. The van der Waals surface area contributed by atoms with E-state index in [0.717, 1.165) is 22.5 Å². The Labute approximate surface area is 146 Å². The van der Waals surface area contributed by atoms with Crippen LogP contribution in [0.1, 0.15) is 29.1 Å². The molecule has 0 bridgehead atoms. The molecule has 122 valence electrons. The molecule has 0 saturated heterocycles. The summed E-state index contributed by atoms with van der Waals surface area (Å²) in [6.07, 6.45) is 4.41. The van der Waals surface area contributed by atoms with Crippen molar-refractivity contribution >= 4 is 22.9 Å². The lowest BCUT2D eigenvalue weighted by molar-refractivity contribution is 0.103. The van der Waals surface area contributed by atoms with Crippen molar-refractivity contribution in [3.05, 3.63) is 71.4 Å². The summed E-state index contributed by atoms with van der Waals surface area (Å²) in [7, 11) is 0. The van der Waals surface area contributed by atoms with Crippen molar-refractivity contribution in [2.45, 2.75) is 20.3 Å². The maximum atomic E-state index is 12.3. The molecule has 3 nitrogen and oxygen atoms in total. The average molecular weight is 336 g/mol. The fraction of sp³-hybridized carbons (Fsp3) is 0.200. The van der Waals surface area contributed by atoms with E-state index in [1.807, 2.05) is 12.1 Å². The van der Waals surface area contributed by atoms with E-state index in [9.17, 15) is 4.79 Å². The second kappa shape index (κ2) is 7.41. The van der Waals surface area contributed by atoms with E-state index in [-0.39, 0.29) is 5.91 Å². The number of rotatable bonds is 5. The van der Waals surface area contributed by atoms with Gasteiger partial charge in [-0.3, -0.25) is 9.78 Å². The molecule has 0 fully saturated rings. The summed E-state index contributed by atoms with van der Waals surface area (Å²) >= 11 is 1.51. The van der Waals surface area contributed by atoms with Crippen LogP contribution in [-0.4, -0.2) is 10.9 Å². The van der Waals surface area contributed by atoms with Crippen molar-refractivity contribution in [3.63, 3.8) is 0 Å². The molecule has 0 aliphatic carbocycles. The Kier molecular flexibility index (Phi) is 5.06. The number of carbonyl (C=O) groups excluding carboxylic acids is 1. The highest BCUT2D eigenvalue weighted by molar-refractivity contribution is 7.17. The number of hydrogen-bond donors (Lipinski definition) is 1. The summed E-state index contributed by atoms with van der Waals surface area (Å²) in [6.45, 7) is 4.45. The van der Waals surface area contributed by atoms with Gasteiger partial charge in [0.25, 0.3) is 5.91 Å². The predicted octanol–water partition coefficient (Wildman–Crippen LogP) is 5.26. The zero-order valence-corrected chi connectivity index (χ0v) is 14.6. The second-order valence-corrected chi connectivity index (χ2v) is 7.23. The minimum atomic E-state index is -0.0890. The average Bonchev–Trinajstić information content (AvgIpc) is 3.06.